The van der Waals surface area contributed by atoms with Crippen molar-refractivity contribution in [3.8, 4) is 17.2 Å². The summed E-state index contributed by atoms with van der Waals surface area (Å²) in [5.41, 5.74) is 0.417. The molecule has 3 aromatic rings. The average Bonchev–Trinajstić information content (AvgIpc) is 3.18. The smallest absolute Gasteiger partial charge is 0.506 e. The van der Waals surface area contributed by atoms with E-state index in [9.17, 15) is 24.8 Å². The van der Waals surface area contributed by atoms with Gasteiger partial charge in [-0.15, -0.1) is 0 Å². The molecule has 3 rings (SSSR count). The fourth-order valence-electron chi connectivity index (χ4n) is 3.14. The molecule has 14 heteroatoms. The number of hydrogen-bond donors (Lipinski definition) is 1. The van der Waals surface area contributed by atoms with Crippen LogP contribution in [0.2, 0.25) is 0 Å². The largest absolute Gasteiger partial charge is 0.513 e. The lowest BCUT2D eigenvalue weighted by Gasteiger charge is -2.12. The number of ether oxygens (including phenoxy) is 5. The van der Waals surface area contributed by atoms with Crippen molar-refractivity contribution in [1.29, 1.82) is 0 Å². The van der Waals surface area contributed by atoms with Crippen LogP contribution in [0.15, 0.2) is 45.5 Å². The van der Waals surface area contributed by atoms with Crippen LogP contribution in [0.5, 0.6) is 17.2 Å². The van der Waals surface area contributed by atoms with E-state index in [-0.39, 0.29) is 62.7 Å². The normalized spacial score (nSPS) is 10.9. The van der Waals surface area contributed by atoms with Crippen molar-refractivity contribution in [3.63, 3.8) is 0 Å². The molecule has 0 fully saturated rings. The predicted octanol–water partition coefficient (Wildman–Crippen LogP) is 5.07. The maximum atomic E-state index is 11.8. The lowest BCUT2D eigenvalue weighted by molar-refractivity contribution is -0.384. The molecule has 0 saturated heterocycles. The molecule has 0 aliphatic heterocycles. The van der Waals surface area contributed by atoms with Gasteiger partial charge in [0.25, 0.3) is 5.69 Å². The van der Waals surface area contributed by atoms with Gasteiger partial charge in [0.2, 0.25) is 5.91 Å². The molecule has 0 atom stereocenters. The predicted molar refractivity (Wildman–Crippen MR) is 138 cm³/mol. The highest BCUT2D eigenvalue weighted by molar-refractivity contribution is 9.11. The van der Waals surface area contributed by atoms with Crippen molar-refractivity contribution in [3.05, 3.63) is 55.6 Å². The van der Waals surface area contributed by atoms with E-state index in [4.69, 9.17) is 23.7 Å². The third kappa shape index (κ3) is 7.64. The van der Waals surface area contributed by atoms with E-state index in [1.54, 1.807) is 6.07 Å². The molecule has 1 aromatic heterocycles. The van der Waals surface area contributed by atoms with Gasteiger partial charge in [0.15, 0.2) is 0 Å². The number of rotatable bonds is 12. The fraction of sp³-hybridized carbons (Fsp3) is 0.304. The quantitative estimate of drug-likeness (QED) is 0.0930. The van der Waals surface area contributed by atoms with Gasteiger partial charge in [0, 0.05) is 19.1 Å². The Hall–Kier alpha value is -3.20. The van der Waals surface area contributed by atoms with E-state index < -0.39 is 11.1 Å². The van der Waals surface area contributed by atoms with Gasteiger partial charge in [0.05, 0.1) is 57.4 Å². The number of fused-ring (bicyclic) bond motifs is 1. The SMILES string of the molecule is CC(=O)n1cc(O)c2c(Br)c(OCCOCCOCCOC(=O)Oc3ccc([N+](=O)[O-])cc3)c(Br)cc21. The van der Waals surface area contributed by atoms with Gasteiger partial charge >= 0.3 is 6.16 Å². The van der Waals surface area contributed by atoms with Gasteiger partial charge in [-0.3, -0.25) is 19.5 Å². The zero-order valence-corrected chi connectivity index (χ0v) is 22.7. The summed E-state index contributed by atoms with van der Waals surface area (Å²) in [6.45, 7) is 2.49. The maximum absolute atomic E-state index is 11.8. The molecule has 0 unspecified atom stereocenters. The van der Waals surface area contributed by atoms with Gasteiger partial charge in [-0.25, -0.2) is 4.79 Å². The number of nitrogens with zero attached hydrogens (tertiary/aromatic N) is 2. The number of aromatic nitrogens is 1. The molecule has 1 heterocycles. The van der Waals surface area contributed by atoms with Crippen LogP contribution in [-0.4, -0.2) is 66.3 Å². The van der Waals surface area contributed by atoms with E-state index in [0.717, 1.165) is 0 Å². The Kier molecular flexibility index (Phi) is 10.3. The molecule has 198 valence electrons. The number of hydrogen-bond acceptors (Lipinski definition) is 10. The van der Waals surface area contributed by atoms with Gasteiger partial charge in [-0.2, -0.15) is 0 Å². The van der Waals surface area contributed by atoms with Crippen LogP contribution in [0.4, 0.5) is 10.5 Å². The summed E-state index contributed by atoms with van der Waals surface area (Å²) in [4.78, 5) is 33.4. The van der Waals surface area contributed by atoms with Crippen molar-refractivity contribution >= 4 is 60.5 Å². The van der Waals surface area contributed by atoms with E-state index in [0.29, 0.717) is 25.6 Å². The Bertz CT molecular complexity index is 1280. The number of halogens is 2. The molecule has 0 saturated carbocycles. The average molecular weight is 646 g/mol. The van der Waals surface area contributed by atoms with Crippen LogP contribution in [0.25, 0.3) is 10.9 Å². The molecule has 0 spiro atoms. The van der Waals surface area contributed by atoms with Crippen LogP contribution in [0.1, 0.15) is 11.7 Å². The van der Waals surface area contributed by atoms with Crippen molar-refractivity contribution in [2.75, 3.05) is 39.6 Å². The van der Waals surface area contributed by atoms with Gasteiger partial charge in [0.1, 0.15) is 30.5 Å². The topological polar surface area (TPSA) is 149 Å². The molecule has 0 aliphatic rings. The number of carbonyl (C=O) groups is 2. The summed E-state index contributed by atoms with van der Waals surface area (Å²) >= 11 is 6.85. The highest BCUT2D eigenvalue weighted by atomic mass is 79.9. The maximum Gasteiger partial charge on any atom is 0.513 e. The summed E-state index contributed by atoms with van der Waals surface area (Å²) in [6.07, 6.45) is 0.400. The second-order valence-electron chi connectivity index (χ2n) is 7.32. The second-order valence-corrected chi connectivity index (χ2v) is 8.97. The molecular weight excluding hydrogens is 624 g/mol. The van der Waals surface area contributed by atoms with Gasteiger partial charge < -0.3 is 28.8 Å². The first-order chi connectivity index (χ1) is 17.7. The second kappa shape index (κ2) is 13.4. The summed E-state index contributed by atoms with van der Waals surface area (Å²) in [6, 6.07) is 6.70. The first-order valence-electron chi connectivity index (χ1n) is 10.8. The summed E-state index contributed by atoms with van der Waals surface area (Å²) in [7, 11) is 0. The highest BCUT2D eigenvalue weighted by Crippen LogP contribution is 2.44. The van der Waals surface area contributed by atoms with E-state index >= 15 is 0 Å². The summed E-state index contributed by atoms with van der Waals surface area (Å²) in [5.74, 6) is 0.299. The Morgan fingerprint density at radius 2 is 1.65 bits per heavy atom. The monoisotopic (exact) mass is 644 g/mol. The Labute approximate surface area is 227 Å². The van der Waals surface area contributed by atoms with Gasteiger partial charge in [-0.1, -0.05) is 0 Å². The molecule has 12 nitrogen and oxygen atoms in total. The minimum Gasteiger partial charge on any atom is -0.506 e. The van der Waals surface area contributed by atoms with E-state index in [1.165, 1.54) is 42.0 Å². The minimum atomic E-state index is -0.951. The van der Waals surface area contributed by atoms with Crippen molar-refractivity contribution in [1.82, 2.24) is 4.57 Å². The first kappa shape index (κ1) is 28.4. The standard InChI is InChI=1S/C23H22Br2N2O10/c1-14(28)26-13-19(29)20-18(26)12-17(24)22(21(20)25)35-10-8-33-6-7-34-9-11-36-23(30)37-16-4-2-15(3-5-16)27(31)32/h2-5,12-13,29H,6-11H2,1H3. The molecule has 0 amide bonds. The molecule has 37 heavy (non-hydrogen) atoms. The summed E-state index contributed by atoms with van der Waals surface area (Å²) in [5, 5.41) is 21.3. The Balaban J connectivity index is 1.30. The van der Waals surface area contributed by atoms with Crippen LogP contribution >= 0.6 is 31.9 Å². The van der Waals surface area contributed by atoms with Crippen molar-refractivity contribution in [2.45, 2.75) is 6.92 Å². The van der Waals surface area contributed by atoms with Crippen LogP contribution in [0.3, 0.4) is 0 Å². The van der Waals surface area contributed by atoms with Crippen molar-refractivity contribution < 1.29 is 43.3 Å². The molecule has 2 aromatic carbocycles. The van der Waals surface area contributed by atoms with E-state index in [1.807, 2.05) is 0 Å². The molecule has 0 aliphatic carbocycles. The van der Waals surface area contributed by atoms with Crippen LogP contribution < -0.4 is 9.47 Å². The molecule has 0 bridgehead atoms. The number of aromatic hydroxyl groups is 1. The minimum absolute atomic E-state index is 0.0440. The molecule has 0 radical (unpaired) electrons. The number of carbonyl (C=O) groups excluding carboxylic acids is 2. The number of benzene rings is 2. The third-order valence-corrected chi connectivity index (χ3v) is 6.15. The number of nitro groups is 1. The van der Waals surface area contributed by atoms with Gasteiger partial charge in [-0.05, 0) is 50.1 Å². The molecular formula is C23H22Br2N2O10. The van der Waals surface area contributed by atoms with Crippen LogP contribution in [-0.2, 0) is 14.2 Å². The van der Waals surface area contributed by atoms with Crippen LogP contribution in [0, 0.1) is 10.1 Å². The van der Waals surface area contributed by atoms with Crippen molar-refractivity contribution in [2.24, 2.45) is 0 Å². The molecule has 1 N–H and O–H groups in total. The van der Waals surface area contributed by atoms with E-state index in [2.05, 4.69) is 31.9 Å². The number of non-ortho nitro benzene ring substituents is 1. The zero-order chi connectivity index (χ0) is 26.9. The number of nitro benzene ring substituents is 1. The lowest BCUT2D eigenvalue weighted by Crippen LogP contribution is -2.16. The fourth-order valence-corrected chi connectivity index (χ4v) is 4.67. The zero-order valence-electron chi connectivity index (χ0n) is 19.5. The summed E-state index contributed by atoms with van der Waals surface area (Å²) < 4.78 is 28.8. The highest BCUT2D eigenvalue weighted by Gasteiger charge is 2.19. The Morgan fingerprint density at radius 1 is 1.03 bits per heavy atom. The first-order valence-corrected chi connectivity index (χ1v) is 12.4. The third-order valence-electron chi connectivity index (χ3n) is 4.80. The Morgan fingerprint density at radius 3 is 2.27 bits per heavy atom. The lowest BCUT2D eigenvalue weighted by atomic mass is 10.2.